The number of rotatable bonds is 6. The summed E-state index contributed by atoms with van der Waals surface area (Å²) in [6.07, 6.45) is 1.17. The summed E-state index contributed by atoms with van der Waals surface area (Å²) in [6.45, 7) is 3.25. The van der Waals surface area contributed by atoms with Gasteiger partial charge in [-0.25, -0.2) is 0 Å². The van der Waals surface area contributed by atoms with Gasteiger partial charge in [0.15, 0.2) is 0 Å². The molecule has 3 unspecified atom stereocenters. The molecule has 1 aliphatic rings. The molecule has 0 radical (unpaired) electrons. The summed E-state index contributed by atoms with van der Waals surface area (Å²) in [4.78, 5) is 21.9. The van der Waals surface area contributed by atoms with Crippen molar-refractivity contribution in [3.8, 4) is 0 Å². The zero-order valence-corrected chi connectivity index (χ0v) is 10.0. The van der Waals surface area contributed by atoms with Crippen molar-refractivity contribution in [1.29, 1.82) is 0 Å². The van der Waals surface area contributed by atoms with Crippen LogP contribution in [0.5, 0.6) is 0 Å². The Kier molecular flexibility index (Phi) is 5.37. The highest BCUT2D eigenvalue weighted by Gasteiger charge is 2.25. The molecule has 0 bridgehead atoms. The molecule has 6 heteroatoms. The van der Waals surface area contributed by atoms with E-state index < -0.39 is 12.0 Å². The van der Waals surface area contributed by atoms with Crippen molar-refractivity contribution in [2.75, 3.05) is 13.2 Å². The molecule has 0 aromatic rings. The van der Waals surface area contributed by atoms with Crippen LogP contribution in [0, 0.1) is 5.92 Å². The van der Waals surface area contributed by atoms with Crippen molar-refractivity contribution in [3.63, 3.8) is 0 Å². The zero-order chi connectivity index (χ0) is 12.8. The normalized spacial score (nSPS) is 25.5. The summed E-state index contributed by atoms with van der Waals surface area (Å²) in [7, 11) is 0. The fourth-order valence-corrected chi connectivity index (χ4v) is 1.82. The largest absolute Gasteiger partial charge is 0.481 e. The Balaban J connectivity index is 2.21. The van der Waals surface area contributed by atoms with E-state index in [-0.39, 0.29) is 24.9 Å². The zero-order valence-electron chi connectivity index (χ0n) is 10.0. The third-order valence-corrected chi connectivity index (χ3v) is 3.08. The van der Waals surface area contributed by atoms with E-state index in [4.69, 9.17) is 15.6 Å². The number of amides is 1. The predicted octanol–water partition coefficient (Wildman–Crippen LogP) is -0.280. The van der Waals surface area contributed by atoms with E-state index in [1.54, 1.807) is 0 Å². The van der Waals surface area contributed by atoms with Crippen LogP contribution in [0.1, 0.15) is 26.2 Å². The van der Waals surface area contributed by atoms with Gasteiger partial charge in [-0.2, -0.15) is 0 Å². The molecule has 0 saturated carbocycles. The summed E-state index contributed by atoms with van der Waals surface area (Å²) in [5.74, 6) is -0.901. The number of ether oxygens (including phenoxy) is 1. The quantitative estimate of drug-likeness (QED) is 0.596. The lowest BCUT2D eigenvalue weighted by molar-refractivity contribution is -0.137. The highest BCUT2D eigenvalue weighted by molar-refractivity contribution is 5.82. The molecule has 1 amide bonds. The maximum Gasteiger partial charge on any atom is 0.303 e. The fourth-order valence-electron chi connectivity index (χ4n) is 1.82. The minimum absolute atomic E-state index is 0.0858. The second-order valence-electron chi connectivity index (χ2n) is 4.41. The molecule has 4 N–H and O–H groups in total. The van der Waals surface area contributed by atoms with E-state index in [2.05, 4.69) is 5.32 Å². The summed E-state index contributed by atoms with van der Waals surface area (Å²) in [5.41, 5.74) is 5.58. The lowest BCUT2D eigenvalue weighted by Crippen LogP contribution is -2.43. The van der Waals surface area contributed by atoms with E-state index >= 15 is 0 Å². The van der Waals surface area contributed by atoms with E-state index in [1.807, 2.05) is 6.92 Å². The van der Waals surface area contributed by atoms with Crippen LogP contribution in [0.2, 0.25) is 0 Å². The molecule has 0 aromatic carbocycles. The van der Waals surface area contributed by atoms with Crippen LogP contribution in [0.25, 0.3) is 0 Å². The van der Waals surface area contributed by atoms with Crippen LogP contribution in [-0.2, 0) is 14.3 Å². The number of nitrogens with two attached hydrogens (primary N) is 1. The highest BCUT2D eigenvalue weighted by atomic mass is 16.5. The van der Waals surface area contributed by atoms with Crippen molar-refractivity contribution in [1.82, 2.24) is 5.32 Å². The molecule has 1 fully saturated rings. The Morgan fingerprint density at radius 1 is 1.59 bits per heavy atom. The molecule has 1 aliphatic heterocycles. The molecule has 6 nitrogen and oxygen atoms in total. The topological polar surface area (TPSA) is 102 Å². The second-order valence-corrected chi connectivity index (χ2v) is 4.41. The number of carboxylic acid groups (broad SMARTS) is 1. The molecule has 1 saturated heterocycles. The monoisotopic (exact) mass is 244 g/mol. The number of hydrogen-bond acceptors (Lipinski definition) is 4. The van der Waals surface area contributed by atoms with Crippen LogP contribution in [0.15, 0.2) is 0 Å². The van der Waals surface area contributed by atoms with Crippen LogP contribution in [-0.4, -0.2) is 42.3 Å². The van der Waals surface area contributed by atoms with Gasteiger partial charge in [0.2, 0.25) is 5.91 Å². The molecule has 3 atom stereocenters. The predicted molar refractivity (Wildman–Crippen MR) is 61.4 cm³/mol. The number of aliphatic carboxylic acids is 1. The number of carbonyl (C=O) groups is 2. The number of carboxylic acids is 1. The van der Waals surface area contributed by atoms with Gasteiger partial charge in [-0.05, 0) is 19.8 Å². The van der Waals surface area contributed by atoms with Crippen LogP contribution < -0.4 is 11.1 Å². The standard InChI is InChI=1S/C11H20N2O4/c1-7-8(4-5-17-7)6-13-11(16)9(12)2-3-10(14)15/h7-9H,2-6,12H2,1H3,(H,13,16)(H,14,15). The van der Waals surface area contributed by atoms with Crippen molar-refractivity contribution >= 4 is 11.9 Å². The highest BCUT2D eigenvalue weighted by Crippen LogP contribution is 2.19. The molecule has 1 heterocycles. The van der Waals surface area contributed by atoms with Gasteiger partial charge in [0, 0.05) is 25.5 Å². The Morgan fingerprint density at radius 2 is 2.29 bits per heavy atom. The average molecular weight is 244 g/mol. The van der Waals surface area contributed by atoms with Gasteiger partial charge in [0.25, 0.3) is 0 Å². The molecule has 1 rings (SSSR count). The lowest BCUT2D eigenvalue weighted by atomic mass is 10.0. The number of carbonyl (C=O) groups excluding carboxylic acids is 1. The van der Waals surface area contributed by atoms with Crippen molar-refractivity contribution < 1.29 is 19.4 Å². The van der Waals surface area contributed by atoms with E-state index in [9.17, 15) is 9.59 Å². The first kappa shape index (κ1) is 13.9. The molecule has 17 heavy (non-hydrogen) atoms. The van der Waals surface area contributed by atoms with Gasteiger partial charge in [-0.3, -0.25) is 9.59 Å². The Labute approximate surface area is 101 Å². The number of hydrogen-bond donors (Lipinski definition) is 3. The second kappa shape index (κ2) is 6.56. The first-order chi connectivity index (χ1) is 8.00. The summed E-state index contributed by atoms with van der Waals surface area (Å²) in [5, 5.41) is 11.2. The average Bonchev–Trinajstić information content (AvgIpc) is 2.68. The van der Waals surface area contributed by atoms with Crippen molar-refractivity contribution in [2.45, 2.75) is 38.3 Å². The van der Waals surface area contributed by atoms with Crippen LogP contribution >= 0.6 is 0 Å². The minimum Gasteiger partial charge on any atom is -0.481 e. The van der Waals surface area contributed by atoms with Gasteiger partial charge in [0.05, 0.1) is 12.1 Å². The third kappa shape index (κ3) is 4.70. The van der Waals surface area contributed by atoms with Crippen LogP contribution in [0.4, 0.5) is 0 Å². The van der Waals surface area contributed by atoms with Gasteiger partial charge in [0.1, 0.15) is 0 Å². The molecule has 98 valence electrons. The van der Waals surface area contributed by atoms with Crippen molar-refractivity contribution in [3.05, 3.63) is 0 Å². The Morgan fingerprint density at radius 3 is 2.82 bits per heavy atom. The summed E-state index contributed by atoms with van der Waals surface area (Å²) in [6, 6.07) is -0.747. The van der Waals surface area contributed by atoms with Crippen molar-refractivity contribution in [2.24, 2.45) is 11.7 Å². The molecular weight excluding hydrogens is 224 g/mol. The number of nitrogens with one attached hydrogen (secondary N) is 1. The summed E-state index contributed by atoms with van der Waals surface area (Å²) >= 11 is 0. The minimum atomic E-state index is -0.939. The molecular formula is C11H20N2O4. The summed E-state index contributed by atoms with van der Waals surface area (Å²) < 4.78 is 5.38. The lowest BCUT2D eigenvalue weighted by Gasteiger charge is -2.16. The Hall–Kier alpha value is -1.14. The van der Waals surface area contributed by atoms with Gasteiger partial charge in [-0.1, -0.05) is 0 Å². The van der Waals surface area contributed by atoms with Gasteiger partial charge >= 0.3 is 5.97 Å². The molecule has 0 spiro atoms. The molecule has 0 aromatic heterocycles. The van der Waals surface area contributed by atoms with Gasteiger partial charge in [-0.15, -0.1) is 0 Å². The first-order valence-corrected chi connectivity index (χ1v) is 5.87. The van der Waals surface area contributed by atoms with Crippen LogP contribution in [0.3, 0.4) is 0 Å². The fraction of sp³-hybridized carbons (Fsp3) is 0.818. The maximum absolute atomic E-state index is 11.5. The van der Waals surface area contributed by atoms with E-state index in [0.29, 0.717) is 12.5 Å². The Bertz CT molecular complexity index is 283. The van der Waals surface area contributed by atoms with E-state index in [1.165, 1.54) is 0 Å². The first-order valence-electron chi connectivity index (χ1n) is 5.87. The smallest absolute Gasteiger partial charge is 0.303 e. The molecule has 0 aliphatic carbocycles. The maximum atomic E-state index is 11.5. The van der Waals surface area contributed by atoms with E-state index in [0.717, 1.165) is 13.0 Å². The third-order valence-electron chi connectivity index (χ3n) is 3.08. The van der Waals surface area contributed by atoms with Gasteiger partial charge < -0.3 is 20.9 Å². The SMILES string of the molecule is CC1OCCC1CNC(=O)C(N)CCC(=O)O.